The van der Waals surface area contributed by atoms with Crippen molar-refractivity contribution >= 4 is 33.3 Å². The minimum atomic E-state index is 0.521. The second kappa shape index (κ2) is 6.32. The van der Waals surface area contributed by atoms with E-state index in [2.05, 4.69) is 53.5 Å². The van der Waals surface area contributed by atoms with Crippen LogP contribution in [-0.4, -0.2) is 50.6 Å². The highest BCUT2D eigenvalue weighted by molar-refractivity contribution is 8.00. The van der Waals surface area contributed by atoms with Crippen LogP contribution in [-0.2, 0) is 5.75 Å². The number of rotatable bonds is 4. The van der Waals surface area contributed by atoms with Gasteiger partial charge in [-0.05, 0) is 12.1 Å². The molecule has 0 radical (unpaired) electrons. The van der Waals surface area contributed by atoms with E-state index < -0.39 is 0 Å². The van der Waals surface area contributed by atoms with Gasteiger partial charge in [0.05, 0.1) is 48.1 Å². The van der Waals surface area contributed by atoms with Crippen LogP contribution in [0.3, 0.4) is 0 Å². The van der Waals surface area contributed by atoms with Crippen LogP contribution in [0.5, 0.6) is 0 Å². The third-order valence-corrected chi connectivity index (χ3v) is 8.57. The molecule has 26 heavy (non-hydrogen) atoms. The summed E-state index contributed by atoms with van der Waals surface area (Å²) < 4.78 is 5.69. The van der Waals surface area contributed by atoms with Gasteiger partial charge in [0.1, 0.15) is 0 Å². The molecular formula is C19H24N5S2+. The molecule has 2 aliphatic heterocycles. The van der Waals surface area contributed by atoms with Crippen molar-refractivity contribution in [3.05, 3.63) is 36.2 Å². The molecule has 2 aliphatic rings. The molecule has 2 fully saturated rings. The number of piperidine rings is 1. The van der Waals surface area contributed by atoms with E-state index in [-0.39, 0.29) is 0 Å². The van der Waals surface area contributed by atoms with Crippen LogP contribution in [0.25, 0.3) is 10.2 Å². The Hall–Kier alpha value is -1.44. The summed E-state index contributed by atoms with van der Waals surface area (Å²) in [6.45, 7) is 0. The van der Waals surface area contributed by atoms with Gasteiger partial charge in [-0.1, -0.05) is 29.1 Å². The topological polar surface area (TPSA) is 43.6 Å². The van der Waals surface area contributed by atoms with E-state index >= 15 is 0 Å². The maximum atomic E-state index is 4.69. The number of para-hydroxylation sites is 1. The van der Waals surface area contributed by atoms with E-state index in [0.717, 1.165) is 33.4 Å². The highest BCUT2D eigenvalue weighted by atomic mass is 32.2. The van der Waals surface area contributed by atoms with Gasteiger partial charge in [-0.15, -0.1) is 16.4 Å². The lowest BCUT2D eigenvalue weighted by Gasteiger charge is -2.44. The van der Waals surface area contributed by atoms with E-state index in [1.54, 1.807) is 23.1 Å². The highest BCUT2D eigenvalue weighted by Crippen LogP contribution is 2.43. The fourth-order valence-corrected chi connectivity index (χ4v) is 6.62. The lowest BCUT2D eigenvalue weighted by Crippen LogP contribution is -2.54. The van der Waals surface area contributed by atoms with Crippen molar-refractivity contribution in [3.63, 3.8) is 0 Å². The molecule has 0 amide bonds. The van der Waals surface area contributed by atoms with E-state index in [1.165, 1.54) is 34.9 Å². The molecule has 0 spiro atoms. The second-order valence-corrected chi connectivity index (χ2v) is 10.3. The summed E-state index contributed by atoms with van der Waals surface area (Å²) in [6, 6.07) is 10.4. The zero-order valence-corrected chi connectivity index (χ0v) is 16.8. The summed E-state index contributed by atoms with van der Waals surface area (Å²) in [5.41, 5.74) is 2.14. The summed E-state index contributed by atoms with van der Waals surface area (Å²) in [5, 5.41) is 8.90. The first-order valence-electron chi connectivity index (χ1n) is 9.32. The molecule has 4 heterocycles. The van der Waals surface area contributed by atoms with Crippen LogP contribution in [0, 0.1) is 0 Å². The van der Waals surface area contributed by atoms with Crippen molar-refractivity contribution in [2.75, 3.05) is 14.1 Å². The predicted molar refractivity (Wildman–Crippen MR) is 106 cm³/mol. The Bertz CT molecular complexity index is 882. The van der Waals surface area contributed by atoms with Crippen LogP contribution >= 0.6 is 23.1 Å². The molecule has 3 atom stereocenters. The van der Waals surface area contributed by atoms with Gasteiger partial charge in [-0.3, -0.25) is 0 Å². The second-order valence-electron chi connectivity index (χ2n) is 8.07. The van der Waals surface area contributed by atoms with Crippen LogP contribution in [0.4, 0.5) is 0 Å². The lowest BCUT2D eigenvalue weighted by molar-refractivity contribution is -0.931. The standard InChI is InChI=1S/C19H24N5S2/c1-24(2)15-7-8-16(24)10-14(9-15)23-11-13(21-22-23)12-25-19-20-17-5-3-4-6-18(17)26-19/h3-6,11,14-16H,7-10,12H2,1-2H3/q+1/t14?,15-,16+. The molecule has 1 unspecified atom stereocenters. The van der Waals surface area contributed by atoms with Crippen molar-refractivity contribution < 1.29 is 4.48 Å². The first kappa shape index (κ1) is 16.7. The number of aromatic nitrogens is 4. The van der Waals surface area contributed by atoms with E-state index in [9.17, 15) is 0 Å². The smallest absolute Gasteiger partial charge is 0.151 e. The van der Waals surface area contributed by atoms with E-state index in [0.29, 0.717) is 6.04 Å². The normalized spacial score (nSPS) is 27.2. The Morgan fingerprint density at radius 3 is 2.73 bits per heavy atom. The zero-order chi connectivity index (χ0) is 17.7. The van der Waals surface area contributed by atoms with Crippen LogP contribution in [0.15, 0.2) is 34.8 Å². The van der Waals surface area contributed by atoms with Gasteiger partial charge in [0.25, 0.3) is 0 Å². The number of thiazole rings is 1. The molecule has 0 saturated carbocycles. The summed E-state index contributed by atoms with van der Waals surface area (Å²) >= 11 is 3.52. The van der Waals surface area contributed by atoms with Gasteiger partial charge in [0.15, 0.2) is 4.34 Å². The molecule has 2 bridgehead atoms. The van der Waals surface area contributed by atoms with Crippen LogP contribution < -0.4 is 0 Å². The minimum Gasteiger partial charge on any atom is -0.323 e. The number of thioether (sulfide) groups is 1. The number of hydrogen-bond acceptors (Lipinski definition) is 5. The highest BCUT2D eigenvalue weighted by Gasteiger charge is 2.49. The van der Waals surface area contributed by atoms with Gasteiger partial charge in [-0.25, -0.2) is 9.67 Å². The Labute approximate surface area is 162 Å². The average molecular weight is 387 g/mol. The fraction of sp³-hybridized carbons (Fsp3) is 0.526. The van der Waals surface area contributed by atoms with E-state index in [1.807, 2.05) is 6.07 Å². The lowest BCUT2D eigenvalue weighted by atomic mass is 9.96. The molecule has 5 rings (SSSR count). The molecule has 0 N–H and O–H groups in total. The maximum Gasteiger partial charge on any atom is 0.151 e. The van der Waals surface area contributed by atoms with Crippen molar-refractivity contribution in [1.82, 2.24) is 20.0 Å². The Balaban J connectivity index is 1.26. The minimum absolute atomic E-state index is 0.521. The summed E-state index contributed by atoms with van der Waals surface area (Å²) in [5.74, 6) is 0.834. The van der Waals surface area contributed by atoms with Crippen molar-refractivity contribution in [2.45, 2.75) is 53.9 Å². The molecule has 1 aromatic carbocycles. The first-order chi connectivity index (χ1) is 12.6. The molecule has 136 valence electrons. The molecule has 5 nitrogen and oxygen atoms in total. The van der Waals surface area contributed by atoms with Crippen molar-refractivity contribution in [1.29, 1.82) is 0 Å². The number of nitrogens with zero attached hydrogens (tertiary/aromatic N) is 5. The maximum absolute atomic E-state index is 4.69. The van der Waals surface area contributed by atoms with Gasteiger partial charge in [0, 0.05) is 37.6 Å². The Morgan fingerprint density at radius 2 is 1.96 bits per heavy atom. The van der Waals surface area contributed by atoms with Gasteiger partial charge in [-0.2, -0.15) is 0 Å². The SMILES string of the molecule is C[N+]1(C)[C@@H]2CC[C@H]1CC(n1cc(CSc3nc4ccccc4s3)nn1)C2. The largest absolute Gasteiger partial charge is 0.323 e. The van der Waals surface area contributed by atoms with Crippen molar-refractivity contribution in [2.24, 2.45) is 0 Å². The molecule has 0 aliphatic carbocycles. The quantitative estimate of drug-likeness (QED) is 0.500. The zero-order valence-electron chi connectivity index (χ0n) is 15.2. The Morgan fingerprint density at radius 1 is 1.19 bits per heavy atom. The molecule has 2 saturated heterocycles. The first-order valence-corrected chi connectivity index (χ1v) is 11.1. The number of quaternary nitrogens is 1. The number of fused-ring (bicyclic) bond motifs is 3. The Kier molecular flexibility index (Phi) is 4.06. The number of hydrogen-bond donors (Lipinski definition) is 0. The number of benzene rings is 1. The van der Waals surface area contributed by atoms with Gasteiger partial charge in [0.2, 0.25) is 0 Å². The summed E-state index contributed by atoms with van der Waals surface area (Å²) in [7, 11) is 4.81. The summed E-state index contributed by atoms with van der Waals surface area (Å²) in [4.78, 5) is 4.69. The van der Waals surface area contributed by atoms with Crippen LogP contribution in [0.2, 0.25) is 0 Å². The predicted octanol–water partition coefficient (Wildman–Crippen LogP) is 4.12. The van der Waals surface area contributed by atoms with Gasteiger partial charge >= 0.3 is 0 Å². The third-order valence-electron chi connectivity index (χ3n) is 6.35. The van der Waals surface area contributed by atoms with Crippen LogP contribution in [0.1, 0.15) is 37.4 Å². The van der Waals surface area contributed by atoms with Gasteiger partial charge < -0.3 is 4.48 Å². The molecule has 7 heteroatoms. The van der Waals surface area contributed by atoms with Crippen molar-refractivity contribution in [3.8, 4) is 0 Å². The molecule has 3 aromatic rings. The molecular weight excluding hydrogens is 362 g/mol. The average Bonchev–Trinajstić information content (AvgIpc) is 3.27. The molecule has 2 aromatic heterocycles. The third kappa shape index (κ3) is 2.86. The monoisotopic (exact) mass is 386 g/mol. The van der Waals surface area contributed by atoms with E-state index in [4.69, 9.17) is 4.98 Å². The summed E-state index contributed by atoms with van der Waals surface area (Å²) in [6.07, 6.45) is 7.36. The fourth-order valence-electron chi connectivity index (χ4n) is 4.67.